The van der Waals surface area contributed by atoms with Crippen molar-refractivity contribution in [3.05, 3.63) is 24.3 Å². The summed E-state index contributed by atoms with van der Waals surface area (Å²) in [6.07, 6.45) is 2.49. The lowest BCUT2D eigenvalue weighted by atomic mass is 10.1. The van der Waals surface area contributed by atoms with Gasteiger partial charge in [-0.3, -0.25) is 14.4 Å². The number of unbranched alkanes of at least 4 members (excludes halogenated alkanes) is 1. The van der Waals surface area contributed by atoms with Crippen LogP contribution in [0.3, 0.4) is 0 Å². The Hall–Kier alpha value is -2.77. The number of amides is 2. The topological polar surface area (TPSA) is 97.0 Å². The van der Waals surface area contributed by atoms with Gasteiger partial charge in [-0.05, 0) is 37.1 Å². The first-order valence-corrected chi connectivity index (χ1v) is 10.2. The van der Waals surface area contributed by atoms with Crippen LogP contribution in [-0.4, -0.2) is 61.6 Å². The summed E-state index contributed by atoms with van der Waals surface area (Å²) in [5.41, 5.74) is 0.777. The van der Waals surface area contributed by atoms with Gasteiger partial charge < -0.3 is 25.0 Å². The number of nitrogens with zero attached hydrogens (tertiary/aromatic N) is 1. The Morgan fingerprint density at radius 2 is 1.93 bits per heavy atom. The van der Waals surface area contributed by atoms with Gasteiger partial charge in [0, 0.05) is 18.8 Å². The number of esters is 1. The number of hydrogen-bond donors (Lipinski definition) is 2. The number of hydrogen-bond acceptors (Lipinski definition) is 6. The van der Waals surface area contributed by atoms with E-state index >= 15 is 0 Å². The maximum atomic E-state index is 12.7. The van der Waals surface area contributed by atoms with E-state index in [1.54, 1.807) is 0 Å². The Morgan fingerprint density at radius 1 is 1.17 bits per heavy atom. The molecule has 1 aromatic rings. The van der Waals surface area contributed by atoms with E-state index in [9.17, 15) is 14.4 Å². The molecule has 1 aromatic carbocycles. The van der Waals surface area contributed by atoms with Crippen molar-refractivity contribution in [2.45, 2.75) is 45.6 Å². The fourth-order valence-electron chi connectivity index (χ4n) is 2.93. The van der Waals surface area contributed by atoms with Gasteiger partial charge in [-0.2, -0.15) is 0 Å². The van der Waals surface area contributed by atoms with Crippen molar-refractivity contribution >= 4 is 23.5 Å². The van der Waals surface area contributed by atoms with E-state index in [2.05, 4.69) is 10.6 Å². The van der Waals surface area contributed by atoms with Crippen LogP contribution in [0.5, 0.6) is 5.75 Å². The first kappa shape index (κ1) is 22.5. The minimum absolute atomic E-state index is 0.0316. The van der Waals surface area contributed by atoms with E-state index in [1.807, 2.05) is 38.1 Å². The molecule has 1 fully saturated rings. The van der Waals surface area contributed by atoms with Crippen LogP contribution < -0.4 is 15.4 Å². The van der Waals surface area contributed by atoms with Crippen LogP contribution in [0.25, 0.3) is 0 Å². The van der Waals surface area contributed by atoms with Crippen molar-refractivity contribution in [3.8, 4) is 5.75 Å². The second kappa shape index (κ2) is 11.9. The molecule has 2 amide bonds. The zero-order chi connectivity index (χ0) is 21.1. The number of anilines is 1. The number of carbonyl (C=O) groups excluding carboxylic acids is 3. The molecule has 0 saturated carbocycles. The van der Waals surface area contributed by atoms with Crippen LogP contribution in [0.15, 0.2) is 24.3 Å². The molecular weight excluding hydrogens is 374 g/mol. The quantitative estimate of drug-likeness (QED) is 0.431. The Bertz CT molecular complexity index is 677. The molecule has 1 saturated heterocycles. The molecular formula is C21H31N3O5. The third-order valence-electron chi connectivity index (χ3n) is 4.54. The fraction of sp³-hybridized carbons (Fsp3) is 0.571. The Balaban J connectivity index is 1.89. The average molecular weight is 405 g/mol. The number of ether oxygens (including phenoxy) is 2. The molecule has 2 N–H and O–H groups in total. The van der Waals surface area contributed by atoms with Crippen molar-refractivity contribution in [1.82, 2.24) is 10.2 Å². The number of benzene rings is 1. The smallest absolute Gasteiger partial charge is 0.308 e. The van der Waals surface area contributed by atoms with Gasteiger partial charge in [0.15, 0.2) is 0 Å². The predicted molar refractivity (Wildman–Crippen MR) is 110 cm³/mol. The molecule has 2 rings (SSSR count). The van der Waals surface area contributed by atoms with Gasteiger partial charge in [0.25, 0.3) is 0 Å². The monoisotopic (exact) mass is 405 g/mol. The Labute approximate surface area is 171 Å². The number of carbonyl (C=O) groups is 3. The lowest BCUT2D eigenvalue weighted by Crippen LogP contribution is -2.58. The largest absolute Gasteiger partial charge is 0.494 e. The predicted octanol–water partition coefficient (Wildman–Crippen LogP) is 1.95. The van der Waals surface area contributed by atoms with Gasteiger partial charge >= 0.3 is 5.97 Å². The summed E-state index contributed by atoms with van der Waals surface area (Å²) < 4.78 is 10.7. The third kappa shape index (κ3) is 7.29. The summed E-state index contributed by atoms with van der Waals surface area (Å²) >= 11 is 0. The summed E-state index contributed by atoms with van der Waals surface area (Å²) in [5, 5.41) is 5.77. The zero-order valence-electron chi connectivity index (χ0n) is 17.2. The number of nitrogens with one attached hydrogen (secondary N) is 2. The highest BCUT2D eigenvalue weighted by molar-refractivity contribution is 5.93. The molecule has 1 unspecified atom stereocenters. The molecule has 0 spiro atoms. The van der Waals surface area contributed by atoms with Crippen LogP contribution in [0.1, 0.15) is 39.5 Å². The van der Waals surface area contributed by atoms with Crippen molar-refractivity contribution in [3.63, 3.8) is 0 Å². The molecule has 8 nitrogen and oxygen atoms in total. The Kier molecular flexibility index (Phi) is 9.27. The van der Waals surface area contributed by atoms with Gasteiger partial charge in [0.2, 0.25) is 11.8 Å². The molecule has 0 radical (unpaired) electrons. The van der Waals surface area contributed by atoms with Gasteiger partial charge in [-0.15, -0.1) is 0 Å². The standard InChI is InChI=1S/C21H31N3O5/c1-3-5-13-29-20(26)14-18-21(27)22-10-11-24(18)19(25)15-23-16-6-8-17(9-7-16)28-12-4-2/h6-9,18,23H,3-5,10-15H2,1-2H3,(H,22,27). The van der Waals surface area contributed by atoms with Crippen molar-refractivity contribution in [2.75, 3.05) is 38.2 Å². The SMILES string of the molecule is CCCCOC(=O)CC1C(=O)NCCN1C(=O)CNc1ccc(OCCC)cc1. The van der Waals surface area contributed by atoms with Crippen molar-refractivity contribution in [2.24, 2.45) is 0 Å². The van der Waals surface area contributed by atoms with Crippen LogP contribution in [0.4, 0.5) is 5.69 Å². The molecule has 1 heterocycles. The summed E-state index contributed by atoms with van der Waals surface area (Å²) in [6.45, 7) is 5.80. The summed E-state index contributed by atoms with van der Waals surface area (Å²) in [7, 11) is 0. The van der Waals surface area contributed by atoms with Gasteiger partial charge in [-0.1, -0.05) is 20.3 Å². The van der Waals surface area contributed by atoms with Gasteiger partial charge in [-0.25, -0.2) is 0 Å². The van der Waals surface area contributed by atoms with Gasteiger partial charge in [0.05, 0.1) is 26.2 Å². The highest BCUT2D eigenvalue weighted by Gasteiger charge is 2.34. The van der Waals surface area contributed by atoms with Crippen LogP contribution >= 0.6 is 0 Å². The van der Waals surface area contributed by atoms with Gasteiger partial charge in [0.1, 0.15) is 11.8 Å². The normalized spacial score (nSPS) is 16.1. The van der Waals surface area contributed by atoms with E-state index in [1.165, 1.54) is 4.90 Å². The first-order chi connectivity index (χ1) is 14.0. The van der Waals surface area contributed by atoms with E-state index in [0.717, 1.165) is 30.7 Å². The molecule has 1 atom stereocenters. The molecule has 8 heteroatoms. The minimum Gasteiger partial charge on any atom is -0.494 e. The second-order valence-corrected chi connectivity index (χ2v) is 6.90. The molecule has 1 aliphatic rings. The molecule has 160 valence electrons. The molecule has 0 aromatic heterocycles. The van der Waals surface area contributed by atoms with E-state index < -0.39 is 12.0 Å². The lowest BCUT2D eigenvalue weighted by molar-refractivity contribution is -0.151. The summed E-state index contributed by atoms with van der Waals surface area (Å²) in [5.74, 6) is -0.251. The highest BCUT2D eigenvalue weighted by atomic mass is 16.5. The molecule has 0 bridgehead atoms. The number of rotatable bonds is 11. The maximum absolute atomic E-state index is 12.7. The summed E-state index contributed by atoms with van der Waals surface area (Å²) in [4.78, 5) is 38.4. The van der Waals surface area contributed by atoms with E-state index in [0.29, 0.717) is 26.3 Å². The molecule has 29 heavy (non-hydrogen) atoms. The molecule has 0 aliphatic carbocycles. The van der Waals surface area contributed by atoms with E-state index in [-0.39, 0.29) is 24.8 Å². The maximum Gasteiger partial charge on any atom is 0.308 e. The fourth-order valence-corrected chi connectivity index (χ4v) is 2.93. The highest BCUT2D eigenvalue weighted by Crippen LogP contribution is 2.16. The third-order valence-corrected chi connectivity index (χ3v) is 4.54. The van der Waals surface area contributed by atoms with Crippen LogP contribution in [0, 0.1) is 0 Å². The second-order valence-electron chi connectivity index (χ2n) is 6.90. The van der Waals surface area contributed by atoms with Crippen LogP contribution in [0.2, 0.25) is 0 Å². The van der Waals surface area contributed by atoms with Crippen molar-refractivity contribution in [1.29, 1.82) is 0 Å². The van der Waals surface area contributed by atoms with E-state index in [4.69, 9.17) is 9.47 Å². The zero-order valence-corrected chi connectivity index (χ0v) is 17.2. The minimum atomic E-state index is -0.836. The average Bonchev–Trinajstić information content (AvgIpc) is 2.73. The molecule has 1 aliphatic heterocycles. The summed E-state index contributed by atoms with van der Waals surface area (Å²) in [6, 6.07) is 6.52. The first-order valence-electron chi connectivity index (χ1n) is 10.2. The Morgan fingerprint density at radius 3 is 2.62 bits per heavy atom. The van der Waals surface area contributed by atoms with Crippen LogP contribution in [-0.2, 0) is 19.1 Å². The number of piperazine rings is 1. The lowest BCUT2D eigenvalue weighted by Gasteiger charge is -2.34. The van der Waals surface area contributed by atoms with Crippen molar-refractivity contribution < 1.29 is 23.9 Å².